The van der Waals surface area contributed by atoms with Crippen molar-refractivity contribution in [1.82, 2.24) is 0 Å². The van der Waals surface area contributed by atoms with E-state index in [2.05, 4.69) is 4.74 Å². The zero-order chi connectivity index (χ0) is 13.3. The Bertz CT molecular complexity index is 542. The van der Waals surface area contributed by atoms with Crippen molar-refractivity contribution >= 4 is 15.8 Å². The molecule has 0 saturated heterocycles. The van der Waals surface area contributed by atoms with Crippen molar-refractivity contribution in [3.63, 3.8) is 0 Å². The van der Waals surface area contributed by atoms with Gasteiger partial charge in [0.1, 0.15) is 0 Å². The third-order valence-electron chi connectivity index (χ3n) is 2.91. The molecule has 6 heteroatoms. The zero-order valence-electron chi connectivity index (χ0n) is 9.87. The van der Waals surface area contributed by atoms with Gasteiger partial charge in [0.25, 0.3) is 0 Å². The Hall–Kier alpha value is -1.40. The number of carbonyl (C=O) groups excluding carboxylic acids is 1. The summed E-state index contributed by atoms with van der Waals surface area (Å²) in [5, 5.41) is 9.31. The van der Waals surface area contributed by atoms with Crippen LogP contribution in [-0.2, 0) is 19.4 Å². The predicted molar refractivity (Wildman–Crippen MR) is 63.6 cm³/mol. The van der Waals surface area contributed by atoms with Crippen molar-refractivity contribution in [2.24, 2.45) is 0 Å². The quantitative estimate of drug-likeness (QED) is 0.820. The van der Waals surface area contributed by atoms with Gasteiger partial charge in [-0.3, -0.25) is 0 Å². The first-order valence-corrected chi connectivity index (χ1v) is 7.11. The van der Waals surface area contributed by atoms with E-state index in [0.717, 1.165) is 0 Å². The van der Waals surface area contributed by atoms with Crippen LogP contribution in [0.15, 0.2) is 29.2 Å². The van der Waals surface area contributed by atoms with Crippen LogP contribution in [0.2, 0.25) is 0 Å². The molecule has 0 amide bonds. The second-order valence-electron chi connectivity index (χ2n) is 4.24. The maximum absolute atomic E-state index is 11.9. The van der Waals surface area contributed by atoms with E-state index in [1.54, 1.807) is 0 Å². The van der Waals surface area contributed by atoms with Gasteiger partial charge < -0.3 is 9.84 Å². The van der Waals surface area contributed by atoms with Crippen LogP contribution >= 0.6 is 0 Å². The molecule has 1 aliphatic rings. The van der Waals surface area contributed by atoms with Gasteiger partial charge in [0.2, 0.25) is 0 Å². The molecule has 0 aliphatic heterocycles. The van der Waals surface area contributed by atoms with Gasteiger partial charge in [-0.2, -0.15) is 0 Å². The first-order chi connectivity index (χ1) is 8.46. The summed E-state index contributed by atoms with van der Waals surface area (Å²) in [4.78, 5) is 11.3. The van der Waals surface area contributed by atoms with E-state index in [-0.39, 0.29) is 10.1 Å². The van der Waals surface area contributed by atoms with E-state index < -0.39 is 21.9 Å². The standard InChI is InChI=1S/C12H14O5S/c1-17-12(14)11(13)8-2-4-9(5-3-8)18(15,16)10-6-7-10/h2-5,10-11,13H,6-7H2,1H3. The Kier molecular flexibility index (Phi) is 3.41. The summed E-state index contributed by atoms with van der Waals surface area (Å²) in [5.74, 6) is -0.771. The van der Waals surface area contributed by atoms with Crippen LogP contribution < -0.4 is 0 Å². The minimum absolute atomic E-state index is 0.228. The van der Waals surface area contributed by atoms with Gasteiger partial charge in [-0.25, -0.2) is 13.2 Å². The van der Waals surface area contributed by atoms with Gasteiger partial charge in [-0.15, -0.1) is 0 Å². The van der Waals surface area contributed by atoms with Gasteiger partial charge in [-0.05, 0) is 30.5 Å². The number of aliphatic hydroxyl groups is 1. The average molecular weight is 270 g/mol. The fourth-order valence-corrected chi connectivity index (χ4v) is 3.32. The van der Waals surface area contributed by atoms with Gasteiger partial charge in [0.15, 0.2) is 15.9 Å². The molecular weight excluding hydrogens is 256 g/mol. The number of aliphatic hydroxyl groups excluding tert-OH is 1. The second kappa shape index (κ2) is 4.70. The Morgan fingerprint density at radius 3 is 2.33 bits per heavy atom. The summed E-state index contributed by atoms with van der Waals surface area (Å²) in [5.41, 5.74) is 0.316. The first-order valence-electron chi connectivity index (χ1n) is 5.56. The normalized spacial score (nSPS) is 17.2. The van der Waals surface area contributed by atoms with Crippen LogP contribution in [0.3, 0.4) is 0 Å². The molecule has 0 bridgehead atoms. The summed E-state index contributed by atoms with van der Waals surface area (Å²) >= 11 is 0. The third-order valence-corrected chi connectivity index (χ3v) is 5.19. The van der Waals surface area contributed by atoms with Crippen molar-refractivity contribution in [2.45, 2.75) is 29.1 Å². The molecule has 1 N–H and O–H groups in total. The van der Waals surface area contributed by atoms with Gasteiger partial charge in [0, 0.05) is 0 Å². The Morgan fingerprint density at radius 1 is 1.33 bits per heavy atom. The van der Waals surface area contributed by atoms with E-state index in [0.29, 0.717) is 18.4 Å². The summed E-state index contributed by atoms with van der Waals surface area (Å²) in [6, 6.07) is 5.68. The number of benzene rings is 1. The Morgan fingerprint density at radius 2 is 1.89 bits per heavy atom. The van der Waals surface area contributed by atoms with Gasteiger partial charge in [-0.1, -0.05) is 12.1 Å². The minimum Gasteiger partial charge on any atom is -0.467 e. The molecule has 1 unspecified atom stereocenters. The van der Waals surface area contributed by atoms with Gasteiger partial charge >= 0.3 is 5.97 Å². The highest BCUT2D eigenvalue weighted by Crippen LogP contribution is 2.33. The zero-order valence-corrected chi connectivity index (χ0v) is 10.7. The number of carbonyl (C=O) groups is 1. The van der Waals surface area contributed by atoms with Crippen LogP contribution in [-0.4, -0.2) is 31.9 Å². The lowest BCUT2D eigenvalue weighted by Gasteiger charge is -2.09. The van der Waals surface area contributed by atoms with Crippen LogP contribution in [0.1, 0.15) is 24.5 Å². The average Bonchev–Trinajstić information content (AvgIpc) is 3.21. The second-order valence-corrected chi connectivity index (χ2v) is 6.47. The van der Waals surface area contributed by atoms with E-state index in [1.807, 2.05) is 0 Å². The van der Waals surface area contributed by atoms with Crippen LogP contribution in [0.5, 0.6) is 0 Å². The molecule has 1 saturated carbocycles. The Labute approximate surface area is 105 Å². The van der Waals surface area contributed by atoms with Crippen LogP contribution in [0, 0.1) is 0 Å². The number of methoxy groups -OCH3 is 1. The first kappa shape index (κ1) is 13.0. The topological polar surface area (TPSA) is 80.7 Å². The maximum Gasteiger partial charge on any atom is 0.339 e. The smallest absolute Gasteiger partial charge is 0.339 e. The summed E-state index contributed by atoms with van der Waals surface area (Å²) in [6.45, 7) is 0. The van der Waals surface area contributed by atoms with Crippen molar-refractivity contribution < 1.29 is 23.1 Å². The third kappa shape index (κ3) is 2.39. The number of hydrogen-bond donors (Lipinski definition) is 1. The number of hydrogen-bond acceptors (Lipinski definition) is 5. The summed E-state index contributed by atoms with van der Waals surface area (Å²) < 4.78 is 28.2. The van der Waals surface area contributed by atoms with Gasteiger partial charge in [0.05, 0.1) is 17.3 Å². The molecule has 0 aromatic heterocycles. The van der Waals surface area contributed by atoms with E-state index in [9.17, 15) is 18.3 Å². The number of esters is 1. The lowest BCUT2D eigenvalue weighted by Crippen LogP contribution is -2.14. The SMILES string of the molecule is COC(=O)C(O)c1ccc(S(=O)(=O)C2CC2)cc1. The monoisotopic (exact) mass is 270 g/mol. The fraction of sp³-hybridized carbons (Fsp3) is 0.417. The largest absolute Gasteiger partial charge is 0.467 e. The number of ether oxygens (including phenoxy) is 1. The molecule has 1 fully saturated rings. The molecule has 1 aliphatic carbocycles. The van der Waals surface area contributed by atoms with E-state index in [1.165, 1.54) is 31.4 Å². The molecule has 98 valence electrons. The molecule has 5 nitrogen and oxygen atoms in total. The molecule has 0 radical (unpaired) electrons. The summed E-state index contributed by atoms with van der Waals surface area (Å²) in [6.07, 6.45) is 0.0247. The highest BCUT2D eigenvalue weighted by atomic mass is 32.2. The molecular formula is C12H14O5S. The maximum atomic E-state index is 11.9. The molecule has 2 rings (SSSR count). The molecule has 1 aromatic carbocycles. The van der Waals surface area contributed by atoms with E-state index >= 15 is 0 Å². The molecule has 0 spiro atoms. The molecule has 18 heavy (non-hydrogen) atoms. The Balaban J connectivity index is 2.22. The highest BCUT2D eigenvalue weighted by Gasteiger charge is 2.36. The van der Waals surface area contributed by atoms with E-state index in [4.69, 9.17) is 0 Å². The van der Waals surface area contributed by atoms with Crippen LogP contribution in [0.25, 0.3) is 0 Å². The lowest BCUT2D eigenvalue weighted by atomic mass is 10.1. The highest BCUT2D eigenvalue weighted by molar-refractivity contribution is 7.92. The molecule has 1 atom stereocenters. The molecule has 0 heterocycles. The lowest BCUT2D eigenvalue weighted by molar-refractivity contribution is -0.150. The fourth-order valence-electron chi connectivity index (χ4n) is 1.66. The van der Waals surface area contributed by atoms with Crippen molar-refractivity contribution in [2.75, 3.05) is 7.11 Å². The predicted octanol–water partition coefficient (Wildman–Crippen LogP) is 0.829. The number of rotatable bonds is 4. The van der Waals surface area contributed by atoms with Crippen molar-refractivity contribution in [3.8, 4) is 0 Å². The number of sulfone groups is 1. The molecule has 1 aromatic rings. The minimum atomic E-state index is -3.23. The summed E-state index contributed by atoms with van der Waals surface area (Å²) in [7, 11) is -2.05. The van der Waals surface area contributed by atoms with Crippen LogP contribution in [0.4, 0.5) is 0 Å². The van der Waals surface area contributed by atoms with Crippen molar-refractivity contribution in [1.29, 1.82) is 0 Å². The van der Waals surface area contributed by atoms with Crippen molar-refractivity contribution in [3.05, 3.63) is 29.8 Å².